The number of nitrogens with zero attached hydrogens (tertiary/aromatic N) is 1. The highest BCUT2D eigenvalue weighted by Gasteiger charge is 2.14. The molecule has 2 rings (SSSR count). The van der Waals surface area contributed by atoms with E-state index >= 15 is 0 Å². The Morgan fingerprint density at radius 3 is 2.70 bits per heavy atom. The maximum Gasteiger partial charge on any atom is 0.191 e. The van der Waals surface area contributed by atoms with Crippen LogP contribution in [0.15, 0.2) is 46.0 Å². The van der Waals surface area contributed by atoms with E-state index in [0.29, 0.717) is 25.7 Å². The molecule has 0 saturated heterocycles. The minimum absolute atomic E-state index is 0.0348. The Balaban J connectivity index is 2.05. The fourth-order valence-electron chi connectivity index (χ4n) is 2.62. The van der Waals surface area contributed by atoms with Gasteiger partial charge in [-0.3, -0.25) is 4.99 Å². The number of furan rings is 1. The average molecular weight is 375 g/mol. The first-order valence-electron chi connectivity index (χ1n) is 8.96. The molecule has 0 bridgehead atoms. The first-order chi connectivity index (χ1) is 13.2. The zero-order valence-electron chi connectivity index (χ0n) is 16.5. The lowest BCUT2D eigenvalue weighted by Gasteiger charge is -2.21. The maximum absolute atomic E-state index is 5.49. The molecule has 0 spiro atoms. The highest BCUT2D eigenvalue weighted by molar-refractivity contribution is 5.80. The van der Waals surface area contributed by atoms with Crippen molar-refractivity contribution in [2.75, 3.05) is 41.0 Å². The standard InChI is InChI=1S/C20H29N3O4/c1-15(18-14-17(25-3)7-8-19(18)26-4)23-20(22-11-13-24-2)21-10-9-16-6-5-12-27-16/h5-8,12,14-15H,9-11,13H2,1-4H3,(H2,21,22,23). The first-order valence-corrected chi connectivity index (χ1v) is 8.96. The normalized spacial score (nSPS) is 12.5. The van der Waals surface area contributed by atoms with E-state index in [-0.39, 0.29) is 6.04 Å². The van der Waals surface area contributed by atoms with Gasteiger partial charge in [0.15, 0.2) is 5.96 Å². The van der Waals surface area contributed by atoms with Gasteiger partial charge >= 0.3 is 0 Å². The van der Waals surface area contributed by atoms with Gasteiger partial charge in [0.25, 0.3) is 0 Å². The number of nitrogens with one attached hydrogen (secondary N) is 2. The quantitative estimate of drug-likeness (QED) is 0.378. The van der Waals surface area contributed by atoms with Gasteiger partial charge in [0.05, 0.1) is 39.7 Å². The topological polar surface area (TPSA) is 77.2 Å². The molecule has 27 heavy (non-hydrogen) atoms. The lowest BCUT2D eigenvalue weighted by atomic mass is 10.1. The van der Waals surface area contributed by atoms with Crippen LogP contribution < -0.4 is 20.1 Å². The highest BCUT2D eigenvalue weighted by Crippen LogP contribution is 2.29. The Hall–Kier alpha value is -2.67. The van der Waals surface area contributed by atoms with Crippen molar-refractivity contribution in [1.82, 2.24) is 10.6 Å². The van der Waals surface area contributed by atoms with Crippen LogP contribution in [0.5, 0.6) is 11.5 Å². The van der Waals surface area contributed by atoms with Crippen molar-refractivity contribution in [1.29, 1.82) is 0 Å². The molecular weight excluding hydrogens is 346 g/mol. The Bertz CT molecular complexity index is 701. The van der Waals surface area contributed by atoms with Crippen LogP contribution in [0.25, 0.3) is 0 Å². The molecule has 1 aromatic heterocycles. The zero-order valence-corrected chi connectivity index (χ0v) is 16.5. The van der Waals surface area contributed by atoms with Crippen molar-refractivity contribution >= 4 is 5.96 Å². The van der Waals surface area contributed by atoms with Crippen LogP contribution in [0.4, 0.5) is 0 Å². The number of hydrogen-bond acceptors (Lipinski definition) is 5. The largest absolute Gasteiger partial charge is 0.497 e. The van der Waals surface area contributed by atoms with Gasteiger partial charge in [-0.1, -0.05) is 0 Å². The van der Waals surface area contributed by atoms with Crippen LogP contribution in [0, 0.1) is 0 Å². The SMILES string of the molecule is COCCN=C(NCCc1ccco1)NC(C)c1cc(OC)ccc1OC. The Morgan fingerprint density at radius 2 is 2.04 bits per heavy atom. The predicted molar refractivity (Wildman–Crippen MR) is 106 cm³/mol. The molecule has 0 aliphatic rings. The number of ether oxygens (including phenoxy) is 3. The zero-order chi connectivity index (χ0) is 19.5. The summed E-state index contributed by atoms with van der Waals surface area (Å²) >= 11 is 0. The molecule has 7 heteroatoms. The number of rotatable bonds is 10. The van der Waals surface area contributed by atoms with Crippen molar-refractivity contribution in [3.8, 4) is 11.5 Å². The summed E-state index contributed by atoms with van der Waals surface area (Å²) in [6.45, 7) is 3.88. The van der Waals surface area contributed by atoms with Crippen LogP contribution in [-0.4, -0.2) is 47.0 Å². The molecular formula is C20H29N3O4. The Kier molecular flexibility index (Phi) is 8.51. The molecule has 2 N–H and O–H groups in total. The fourth-order valence-corrected chi connectivity index (χ4v) is 2.62. The number of methoxy groups -OCH3 is 3. The monoisotopic (exact) mass is 375 g/mol. The summed E-state index contributed by atoms with van der Waals surface area (Å²) in [5, 5.41) is 6.75. The Labute approximate surface area is 160 Å². The van der Waals surface area contributed by atoms with Crippen molar-refractivity contribution in [3.05, 3.63) is 47.9 Å². The molecule has 0 saturated carbocycles. The smallest absolute Gasteiger partial charge is 0.191 e. The summed E-state index contributed by atoms with van der Waals surface area (Å²) in [5.74, 6) is 3.21. The molecule has 1 aromatic carbocycles. The van der Waals surface area contributed by atoms with Crippen molar-refractivity contribution in [3.63, 3.8) is 0 Å². The second-order valence-corrected chi connectivity index (χ2v) is 5.95. The Morgan fingerprint density at radius 1 is 1.19 bits per heavy atom. The summed E-state index contributed by atoms with van der Waals surface area (Å²) in [5.41, 5.74) is 0.990. The summed E-state index contributed by atoms with van der Waals surface area (Å²) in [6, 6.07) is 9.56. The second kappa shape index (κ2) is 11.1. The van der Waals surface area contributed by atoms with Gasteiger partial charge in [-0.25, -0.2) is 0 Å². The summed E-state index contributed by atoms with van der Waals surface area (Å²) in [4.78, 5) is 4.56. The van der Waals surface area contributed by atoms with E-state index in [1.807, 2.05) is 30.3 Å². The van der Waals surface area contributed by atoms with Crippen LogP contribution in [-0.2, 0) is 11.2 Å². The molecule has 148 valence electrons. The number of benzene rings is 1. The van der Waals surface area contributed by atoms with Gasteiger partial charge < -0.3 is 29.3 Å². The lowest BCUT2D eigenvalue weighted by Crippen LogP contribution is -2.40. The van der Waals surface area contributed by atoms with Gasteiger partial charge in [0.2, 0.25) is 0 Å². The third kappa shape index (κ3) is 6.53. The van der Waals surface area contributed by atoms with Crippen LogP contribution in [0.3, 0.4) is 0 Å². The van der Waals surface area contributed by atoms with E-state index in [0.717, 1.165) is 29.2 Å². The van der Waals surface area contributed by atoms with E-state index in [2.05, 4.69) is 22.5 Å². The molecule has 7 nitrogen and oxygen atoms in total. The number of aliphatic imine (C=N–C) groups is 1. The van der Waals surface area contributed by atoms with Crippen LogP contribution >= 0.6 is 0 Å². The van der Waals surface area contributed by atoms with Crippen LogP contribution in [0.1, 0.15) is 24.3 Å². The molecule has 0 fully saturated rings. The van der Waals surface area contributed by atoms with Gasteiger partial charge in [-0.05, 0) is 37.3 Å². The van der Waals surface area contributed by atoms with Gasteiger partial charge in [-0.2, -0.15) is 0 Å². The highest BCUT2D eigenvalue weighted by atomic mass is 16.5. The first kappa shape index (κ1) is 20.6. The van der Waals surface area contributed by atoms with Crippen LogP contribution in [0.2, 0.25) is 0 Å². The molecule has 1 heterocycles. The van der Waals surface area contributed by atoms with Crippen molar-refractivity contribution in [2.24, 2.45) is 4.99 Å². The summed E-state index contributed by atoms with van der Waals surface area (Å²) in [6.07, 6.45) is 2.45. The van der Waals surface area contributed by atoms with Crippen molar-refractivity contribution < 1.29 is 18.6 Å². The van der Waals surface area contributed by atoms with E-state index in [9.17, 15) is 0 Å². The molecule has 2 aromatic rings. The molecule has 0 aliphatic heterocycles. The molecule has 1 unspecified atom stereocenters. The fraction of sp³-hybridized carbons (Fsp3) is 0.450. The molecule has 0 aliphatic carbocycles. The predicted octanol–water partition coefficient (Wildman–Crippen LogP) is 2.78. The number of guanidine groups is 1. The van der Waals surface area contributed by atoms with E-state index in [4.69, 9.17) is 18.6 Å². The maximum atomic E-state index is 5.49. The van der Waals surface area contributed by atoms with E-state index in [1.165, 1.54) is 0 Å². The van der Waals surface area contributed by atoms with E-state index < -0.39 is 0 Å². The summed E-state index contributed by atoms with van der Waals surface area (Å²) in [7, 11) is 4.97. The average Bonchev–Trinajstić information content (AvgIpc) is 3.20. The third-order valence-electron chi connectivity index (χ3n) is 4.07. The van der Waals surface area contributed by atoms with Gasteiger partial charge in [0, 0.05) is 25.6 Å². The van der Waals surface area contributed by atoms with Gasteiger partial charge in [-0.15, -0.1) is 0 Å². The lowest BCUT2D eigenvalue weighted by molar-refractivity contribution is 0.208. The van der Waals surface area contributed by atoms with Gasteiger partial charge in [0.1, 0.15) is 17.3 Å². The third-order valence-corrected chi connectivity index (χ3v) is 4.07. The molecule has 0 amide bonds. The van der Waals surface area contributed by atoms with Crippen molar-refractivity contribution in [2.45, 2.75) is 19.4 Å². The van der Waals surface area contributed by atoms with E-state index in [1.54, 1.807) is 27.6 Å². The summed E-state index contributed by atoms with van der Waals surface area (Å²) < 4.78 is 21.3. The molecule has 1 atom stereocenters. The minimum Gasteiger partial charge on any atom is -0.497 e. The number of hydrogen-bond donors (Lipinski definition) is 2. The molecule has 0 radical (unpaired) electrons. The second-order valence-electron chi connectivity index (χ2n) is 5.95. The minimum atomic E-state index is -0.0348.